The van der Waals surface area contributed by atoms with Crippen LogP contribution < -0.4 is 15.4 Å². The van der Waals surface area contributed by atoms with Gasteiger partial charge in [0.1, 0.15) is 5.75 Å². The number of para-hydroxylation sites is 1. The molecule has 0 bridgehead atoms. The molecule has 0 atom stereocenters. The second kappa shape index (κ2) is 7.47. The van der Waals surface area contributed by atoms with Gasteiger partial charge in [0.05, 0.1) is 10.7 Å². The predicted molar refractivity (Wildman–Crippen MR) is 91.0 cm³/mol. The maximum atomic E-state index is 11.9. The maximum Gasteiger partial charge on any atom is 0.417 e. The van der Waals surface area contributed by atoms with Crippen molar-refractivity contribution in [3.63, 3.8) is 0 Å². The van der Waals surface area contributed by atoms with Gasteiger partial charge in [0, 0.05) is 17.3 Å². The lowest BCUT2D eigenvalue weighted by atomic mass is 10.2. The van der Waals surface area contributed by atoms with Crippen molar-refractivity contribution in [1.29, 1.82) is 0 Å². The minimum Gasteiger partial charge on any atom is -0.410 e. The highest BCUT2D eigenvalue weighted by Crippen LogP contribution is 2.22. The molecule has 2 aromatic rings. The van der Waals surface area contributed by atoms with Gasteiger partial charge in [0.15, 0.2) is 0 Å². The van der Waals surface area contributed by atoms with Gasteiger partial charge in [-0.3, -0.25) is 10.1 Å². The summed E-state index contributed by atoms with van der Waals surface area (Å²) >= 11 is 5.96. The van der Waals surface area contributed by atoms with Crippen LogP contribution in [0.5, 0.6) is 5.75 Å². The van der Waals surface area contributed by atoms with Crippen molar-refractivity contribution in [3.05, 3.63) is 65.7 Å². The number of rotatable bonds is 4. The highest BCUT2D eigenvalue weighted by atomic mass is 35.5. The van der Waals surface area contributed by atoms with E-state index < -0.39 is 6.09 Å². The van der Waals surface area contributed by atoms with Crippen LogP contribution in [0.2, 0.25) is 5.02 Å². The number of hydrogen-bond donors (Lipinski definition) is 2. The molecule has 23 heavy (non-hydrogen) atoms. The number of ether oxygens (including phenoxy) is 1. The Hall–Kier alpha value is -2.79. The Bertz CT molecular complexity index is 759. The topological polar surface area (TPSA) is 67.4 Å². The van der Waals surface area contributed by atoms with Crippen LogP contribution in [0, 0.1) is 0 Å². The van der Waals surface area contributed by atoms with Crippen LogP contribution >= 0.6 is 11.6 Å². The van der Waals surface area contributed by atoms with Gasteiger partial charge in [0.25, 0.3) is 5.91 Å². The SMILES string of the molecule is C=C(C)C(=O)Nc1cccc(OC(=O)Nc2ccccc2Cl)c1. The van der Waals surface area contributed by atoms with Crippen LogP contribution in [0.15, 0.2) is 60.7 Å². The first-order valence-corrected chi connectivity index (χ1v) is 7.14. The molecule has 0 aliphatic carbocycles. The van der Waals surface area contributed by atoms with Gasteiger partial charge in [-0.2, -0.15) is 0 Å². The summed E-state index contributed by atoms with van der Waals surface area (Å²) in [4.78, 5) is 23.5. The van der Waals surface area contributed by atoms with Gasteiger partial charge in [-0.05, 0) is 31.2 Å². The van der Waals surface area contributed by atoms with E-state index in [0.717, 1.165) is 0 Å². The summed E-state index contributed by atoms with van der Waals surface area (Å²) in [6.45, 7) is 5.16. The number of amides is 2. The highest BCUT2D eigenvalue weighted by molar-refractivity contribution is 6.33. The Morgan fingerprint density at radius 1 is 1.09 bits per heavy atom. The Labute approximate surface area is 138 Å². The van der Waals surface area contributed by atoms with Crippen molar-refractivity contribution in [1.82, 2.24) is 0 Å². The fourth-order valence-corrected chi connectivity index (χ4v) is 1.86. The van der Waals surface area contributed by atoms with Crippen LogP contribution in [0.25, 0.3) is 0 Å². The molecule has 0 radical (unpaired) electrons. The molecule has 2 amide bonds. The first-order chi connectivity index (χ1) is 11.0. The third-order valence-corrected chi connectivity index (χ3v) is 3.13. The Balaban J connectivity index is 2.02. The molecule has 2 rings (SSSR count). The molecule has 2 aromatic carbocycles. The van der Waals surface area contributed by atoms with E-state index in [1.165, 1.54) is 6.07 Å². The monoisotopic (exact) mass is 330 g/mol. The number of anilines is 2. The van der Waals surface area contributed by atoms with Crippen molar-refractivity contribution >= 4 is 35.0 Å². The molecule has 0 saturated heterocycles. The van der Waals surface area contributed by atoms with E-state index in [1.54, 1.807) is 49.4 Å². The molecular formula is C17H15ClN2O3. The number of carbonyl (C=O) groups excluding carboxylic acids is 2. The lowest BCUT2D eigenvalue weighted by molar-refractivity contribution is -0.112. The number of hydrogen-bond acceptors (Lipinski definition) is 3. The van der Waals surface area contributed by atoms with Crippen molar-refractivity contribution in [3.8, 4) is 5.75 Å². The zero-order chi connectivity index (χ0) is 16.8. The number of carbonyl (C=O) groups is 2. The largest absolute Gasteiger partial charge is 0.417 e. The van der Waals surface area contributed by atoms with Crippen LogP contribution in [-0.4, -0.2) is 12.0 Å². The lowest BCUT2D eigenvalue weighted by Crippen LogP contribution is -2.17. The van der Waals surface area contributed by atoms with Crippen molar-refractivity contribution < 1.29 is 14.3 Å². The molecule has 118 valence electrons. The Kier molecular flexibility index (Phi) is 5.38. The van der Waals surface area contributed by atoms with Gasteiger partial charge in [-0.15, -0.1) is 0 Å². The Morgan fingerprint density at radius 2 is 1.83 bits per heavy atom. The van der Waals surface area contributed by atoms with Crippen LogP contribution in [0.4, 0.5) is 16.2 Å². The Morgan fingerprint density at radius 3 is 2.52 bits per heavy atom. The molecule has 0 fully saturated rings. The van der Waals surface area contributed by atoms with Crippen LogP contribution in [0.1, 0.15) is 6.92 Å². The lowest BCUT2D eigenvalue weighted by Gasteiger charge is -2.09. The van der Waals surface area contributed by atoms with Gasteiger partial charge in [-0.1, -0.05) is 36.4 Å². The fourth-order valence-electron chi connectivity index (χ4n) is 1.68. The summed E-state index contributed by atoms with van der Waals surface area (Å²) in [5.74, 6) is -0.0169. The first kappa shape index (κ1) is 16.6. The van der Waals surface area contributed by atoms with Crippen molar-refractivity contribution in [2.75, 3.05) is 10.6 Å². The molecule has 2 N–H and O–H groups in total. The molecule has 6 heteroatoms. The molecule has 0 spiro atoms. The van der Waals surface area contributed by atoms with E-state index in [-0.39, 0.29) is 11.7 Å². The quantitative estimate of drug-likeness (QED) is 0.813. The van der Waals surface area contributed by atoms with Gasteiger partial charge < -0.3 is 10.1 Å². The van der Waals surface area contributed by atoms with E-state index in [0.29, 0.717) is 22.0 Å². The molecular weight excluding hydrogens is 316 g/mol. The third-order valence-electron chi connectivity index (χ3n) is 2.80. The molecule has 0 aliphatic rings. The summed E-state index contributed by atoms with van der Waals surface area (Å²) in [7, 11) is 0. The summed E-state index contributed by atoms with van der Waals surface area (Å²) in [5.41, 5.74) is 1.33. The maximum absolute atomic E-state index is 11.9. The van der Waals surface area contributed by atoms with Crippen molar-refractivity contribution in [2.45, 2.75) is 6.92 Å². The smallest absolute Gasteiger partial charge is 0.410 e. The molecule has 0 aliphatic heterocycles. The summed E-state index contributed by atoms with van der Waals surface area (Å²) in [5, 5.41) is 5.59. The number of benzene rings is 2. The molecule has 5 nitrogen and oxygen atoms in total. The summed E-state index contributed by atoms with van der Waals surface area (Å²) < 4.78 is 5.17. The van der Waals surface area contributed by atoms with Crippen molar-refractivity contribution in [2.24, 2.45) is 0 Å². The minimum absolute atomic E-state index is 0.286. The van der Waals surface area contributed by atoms with E-state index in [1.807, 2.05) is 0 Å². The molecule has 0 unspecified atom stereocenters. The average Bonchev–Trinajstić information content (AvgIpc) is 2.49. The summed E-state index contributed by atoms with van der Waals surface area (Å²) in [6.07, 6.45) is -0.679. The van der Waals surface area contributed by atoms with Crippen LogP contribution in [-0.2, 0) is 4.79 Å². The number of halogens is 1. The van der Waals surface area contributed by atoms with E-state index in [9.17, 15) is 9.59 Å². The third kappa shape index (κ3) is 4.86. The summed E-state index contributed by atoms with van der Waals surface area (Å²) in [6, 6.07) is 13.3. The second-order valence-electron chi connectivity index (χ2n) is 4.76. The van der Waals surface area contributed by atoms with E-state index in [2.05, 4.69) is 17.2 Å². The zero-order valence-electron chi connectivity index (χ0n) is 12.4. The number of nitrogens with one attached hydrogen (secondary N) is 2. The highest BCUT2D eigenvalue weighted by Gasteiger charge is 2.09. The molecule has 0 aromatic heterocycles. The average molecular weight is 331 g/mol. The fraction of sp³-hybridized carbons (Fsp3) is 0.0588. The second-order valence-corrected chi connectivity index (χ2v) is 5.16. The first-order valence-electron chi connectivity index (χ1n) is 6.76. The molecule has 0 saturated carbocycles. The van der Waals surface area contributed by atoms with E-state index in [4.69, 9.17) is 16.3 Å². The predicted octanol–water partition coefficient (Wildman–Crippen LogP) is 4.47. The normalized spacial score (nSPS) is 9.83. The van der Waals surface area contributed by atoms with E-state index >= 15 is 0 Å². The van der Waals surface area contributed by atoms with Gasteiger partial charge >= 0.3 is 6.09 Å². The van der Waals surface area contributed by atoms with Gasteiger partial charge in [0.2, 0.25) is 0 Å². The zero-order valence-corrected chi connectivity index (χ0v) is 13.2. The van der Waals surface area contributed by atoms with Crippen LogP contribution in [0.3, 0.4) is 0 Å². The minimum atomic E-state index is -0.679. The van der Waals surface area contributed by atoms with Gasteiger partial charge in [-0.25, -0.2) is 4.79 Å². The molecule has 0 heterocycles. The standard InChI is InChI=1S/C17H15ClN2O3/c1-11(2)16(21)19-12-6-5-7-13(10-12)23-17(22)20-15-9-4-3-8-14(15)18/h3-10H,1H2,2H3,(H,19,21)(H,20,22).